The first-order chi connectivity index (χ1) is 7.09. The molecule has 0 fully saturated rings. The molecule has 0 spiro atoms. The second kappa shape index (κ2) is 3.51. The van der Waals surface area contributed by atoms with E-state index in [0.29, 0.717) is 5.56 Å². The van der Waals surface area contributed by atoms with Crippen LogP contribution in [-0.2, 0) is 6.42 Å². The minimum atomic E-state index is -1.27. The number of aliphatic hydroxyl groups excluding tert-OH is 1. The number of rotatable bonds is 1. The van der Waals surface area contributed by atoms with Gasteiger partial charge in [0.05, 0.1) is 12.1 Å². The largest absolute Gasteiger partial charge is 0.465 e. The molecule has 3 N–H and O–H groups in total. The van der Waals surface area contributed by atoms with Crippen molar-refractivity contribution in [2.24, 2.45) is 0 Å². The standard InChI is InChI=1S/C10H10FNO3/c11-6-3-1-2-5-4-7(13)9(8(5)6)12-10(14)15/h1-3,7,9,12-13H,4H2,(H,14,15)/t7-,9-/m0/s1. The van der Waals surface area contributed by atoms with Crippen LogP contribution in [0.4, 0.5) is 9.18 Å². The van der Waals surface area contributed by atoms with E-state index < -0.39 is 24.1 Å². The van der Waals surface area contributed by atoms with Crippen LogP contribution in [-0.4, -0.2) is 22.4 Å². The van der Waals surface area contributed by atoms with Gasteiger partial charge >= 0.3 is 6.09 Å². The van der Waals surface area contributed by atoms with E-state index in [1.54, 1.807) is 12.1 Å². The molecule has 15 heavy (non-hydrogen) atoms. The maximum absolute atomic E-state index is 13.4. The summed E-state index contributed by atoms with van der Waals surface area (Å²) in [5, 5.41) is 20.3. The van der Waals surface area contributed by atoms with Gasteiger partial charge in [-0.2, -0.15) is 0 Å². The second-order valence-corrected chi connectivity index (χ2v) is 3.51. The summed E-state index contributed by atoms with van der Waals surface area (Å²) in [6, 6.07) is 3.63. The number of halogens is 1. The quantitative estimate of drug-likeness (QED) is 0.650. The minimum absolute atomic E-state index is 0.257. The fourth-order valence-corrected chi connectivity index (χ4v) is 1.94. The third kappa shape index (κ3) is 1.66. The SMILES string of the molecule is O=C(O)N[C@@H]1c2c(F)cccc2C[C@@H]1O. The molecule has 0 heterocycles. The fourth-order valence-electron chi connectivity index (χ4n) is 1.94. The molecule has 0 saturated carbocycles. The highest BCUT2D eigenvalue weighted by atomic mass is 19.1. The van der Waals surface area contributed by atoms with E-state index in [0.717, 1.165) is 0 Å². The number of aliphatic hydroxyl groups is 1. The molecule has 1 aromatic rings. The molecule has 1 aliphatic rings. The first-order valence-electron chi connectivity index (χ1n) is 4.54. The predicted octanol–water partition coefficient (Wildman–Crippen LogP) is 1.05. The normalized spacial score (nSPS) is 23.6. The van der Waals surface area contributed by atoms with Gasteiger partial charge in [-0.1, -0.05) is 12.1 Å². The molecule has 80 valence electrons. The van der Waals surface area contributed by atoms with Crippen LogP contribution >= 0.6 is 0 Å². The molecule has 2 rings (SSSR count). The Bertz CT molecular complexity index is 408. The summed E-state index contributed by atoms with van der Waals surface area (Å²) >= 11 is 0. The molecule has 1 aliphatic carbocycles. The lowest BCUT2D eigenvalue weighted by Gasteiger charge is -2.15. The van der Waals surface area contributed by atoms with E-state index in [1.807, 2.05) is 0 Å². The van der Waals surface area contributed by atoms with Crippen LogP contribution < -0.4 is 5.32 Å². The molecule has 0 aliphatic heterocycles. The van der Waals surface area contributed by atoms with Gasteiger partial charge in [0, 0.05) is 12.0 Å². The van der Waals surface area contributed by atoms with Crippen LogP contribution in [0.5, 0.6) is 0 Å². The van der Waals surface area contributed by atoms with Crippen molar-refractivity contribution >= 4 is 6.09 Å². The maximum Gasteiger partial charge on any atom is 0.405 e. The summed E-state index contributed by atoms with van der Waals surface area (Å²) in [5.74, 6) is -0.484. The zero-order valence-electron chi connectivity index (χ0n) is 7.77. The smallest absolute Gasteiger partial charge is 0.405 e. The van der Waals surface area contributed by atoms with Crippen LogP contribution in [0.1, 0.15) is 17.2 Å². The summed E-state index contributed by atoms with van der Waals surface area (Å²) in [7, 11) is 0. The summed E-state index contributed by atoms with van der Waals surface area (Å²) < 4.78 is 13.4. The van der Waals surface area contributed by atoms with Crippen molar-refractivity contribution in [3.63, 3.8) is 0 Å². The lowest BCUT2D eigenvalue weighted by atomic mass is 10.1. The van der Waals surface area contributed by atoms with Crippen LogP contribution in [0.25, 0.3) is 0 Å². The van der Waals surface area contributed by atoms with Crippen molar-refractivity contribution in [3.8, 4) is 0 Å². The van der Waals surface area contributed by atoms with Gasteiger partial charge in [0.15, 0.2) is 0 Å². The highest BCUT2D eigenvalue weighted by molar-refractivity contribution is 5.66. The number of carboxylic acid groups (broad SMARTS) is 1. The molecule has 0 radical (unpaired) electrons. The Morgan fingerprint density at radius 3 is 2.93 bits per heavy atom. The van der Waals surface area contributed by atoms with Crippen LogP contribution in [0.3, 0.4) is 0 Å². The number of benzene rings is 1. The third-order valence-electron chi connectivity index (χ3n) is 2.55. The third-order valence-corrected chi connectivity index (χ3v) is 2.55. The lowest BCUT2D eigenvalue weighted by Crippen LogP contribution is -2.33. The minimum Gasteiger partial charge on any atom is -0.465 e. The summed E-state index contributed by atoms with van der Waals surface area (Å²) in [6.07, 6.45) is -1.89. The van der Waals surface area contributed by atoms with E-state index in [4.69, 9.17) is 5.11 Å². The Morgan fingerprint density at radius 2 is 2.27 bits per heavy atom. The van der Waals surface area contributed by atoms with Gasteiger partial charge < -0.3 is 15.5 Å². The molecular formula is C10H10FNO3. The van der Waals surface area contributed by atoms with Crippen molar-refractivity contribution in [1.82, 2.24) is 5.32 Å². The van der Waals surface area contributed by atoms with Gasteiger partial charge in [0.1, 0.15) is 5.82 Å². The number of hydrogen-bond acceptors (Lipinski definition) is 2. The molecule has 4 nitrogen and oxygen atoms in total. The molecule has 0 saturated heterocycles. The van der Waals surface area contributed by atoms with Crippen molar-refractivity contribution in [2.75, 3.05) is 0 Å². The number of amides is 1. The lowest BCUT2D eigenvalue weighted by molar-refractivity contribution is 0.130. The predicted molar refractivity (Wildman–Crippen MR) is 50.0 cm³/mol. The van der Waals surface area contributed by atoms with E-state index >= 15 is 0 Å². The molecule has 5 heteroatoms. The Balaban J connectivity index is 2.39. The van der Waals surface area contributed by atoms with Crippen LogP contribution in [0.15, 0.2) is 18.2 Å². The molecular weight excluding hydrogens is 201 g/mol. The van der Waals surface area contributed by atoms with E-state index in [-0.39, 0.29) is 12.0 Å². The molecule has 1 aromatic carbocycles. The molecule has 1 amide bonds. The monoisotopic (exact) mass is 211 g/mol. The van der Waals surface area contributed by atoms with Crippen molar-refractivity contribution in [3.05, 3.63) is 35.1 Å². The van der Waals surface area contributed by atoms with Crippen LogP contribution in [0.2, 0.25) is 0 Å². The molecule has 2 atom stereocenters. The fraction of sp³-hybridized carbons (Fsp3) is 0.300. The number of hydrogen-bond donors (Lipinski definition) is 3. The first-order valence-corrected chi connectivity index (χ1v) is 4.54. The topological polar surface area (TPSA) is 69.6 Å². The average Bonchev–Trinajstić information content (AvgIpc) is 2.43. The zero-order chi connectivity index (χ0) is 11.0. The zero-order valence-corrected chi connectivity index (χ0v) is 7.77. The first kappa shape index (κ1) is 9.92. The Kier molecular flexibility index (Phi) is 2.32. The Morgan fingerprint density at radius 1 is 1.53 bits per heavy atom. The van der Waals surface area contributed by atoms with Crippen LogP contribution in [0, 0.1) is 5.82 Å². The van der Waals surface area contributed by atoms with Gasteiger partial charge in [-0.3, -0.25) is 0 Å². The molecule has 0 aromatic heterocycles. The van der Waals surface area contributed by atoms with E-state index in [2.05, 4.69) is 5.32 Å². The van der Waals surface area contributed by atoms with Gasteiger partial charge in [0.25, 0.3) is 0 Å². The van der Waals surface area contributed by atoms with Crippen molar-refractivity contribution < 1.29 is 19.4 Å². The van der Waals surface area contributed by atoms with E-state index in [1.165, 1.54) is 6.07 Å². The number of fused-ring (bicyclic) bond motifs is 1. The van der Waals surface area contributed by atoms with Crippen molar-refractivity contribution in [1.29, 1.82) is 0 Å². The second-order valence-electron chi connectivity index (χ2n) is 3.51. The average molecular weight is 211 g/mol. The highest BCUT2D eigenvalue weighted by Crippen LogP contribution is 2.33. The maximum atomic E-state index is 13.4. The van der Waals surface area contributed by atoms with E-state index in [9.17, 15) is 14.3 Å². The van der Waals surface area contributed by atoms with Gasteiger partial charge in [-0.15, -0.1) is 0 Å². The summed E-state index contributed by atoms with van der Waals surface area (Å²) in [6.45, 7) is 0. The summed E-state index contributed by atoms with van der Waals surface area (Å²) in [5.41, 5.74) is 0.911. The van der Waals surface area contributed by atoms with Crippen molar-refractivity contribution in [2.45, 2.75) is 18.6 Å². The Labute approximate surface area is 85.4 Å². The Hall–Kier alpha value is -1.62. The molecule has 0 bridgehead atoms. The number of carbonyl (C=O) groups is 1. The molecule has 0 unspecified atom stereocenters. The van der Waals surface area contributed by atoms with Gasteiger partial charge in [0.2, 0.25) is 0 Å². The van der Waals surface area contributed by atoms with Gasteiger partial charge in [-0.05, 0) is 11.6 Å². The highest BCUT2D eigenvalue weighted by Gasteiger charge is 2.34. The van der Waals surface area contributed by atoms with Gasteiger partial charge in [-0.25, -0.2) is 9.18 Å². The summed E-state index contributed by atoms with van der Waals surface area (Å²) in [4.78, 5) is 10.5. The number of nitrogens with one attached hydrogen (secondary N) is 1.